The SMILES string of the molecule is CCC(C#N)S(=O)(=O)NCC1CCCC1. The van der Waals surface area contributed by atoms with Gasteiger partial charge in [-0.2, -0.15) is 5.26 Å². The third-order valence-electron chi connectivity index (χ3n) is 2.94. The molecule has 1 unspecified atom stereocenters. The average molecular weight is 230 g/mol. The average Bonchev–Trinajstić information content (AvgIpc) is 2.69. The highest BCUT2D eigenvalue weighted by Gasteiger charge is 2.24. The van der Waals surface area contributed by atoms with Crippen molar-refractivity contribution < 1.29 is 8.42 Å². The second-order valence-electron chi connectivity index (χ2n) is 4.07. The molecule has 1 aliphatic carbocycles. The summed E-state index contributed by atoms with van der Waals surface area (Å²) in [5.74, 6) is 0.468. The molecule has 0 aromatic rings. The lowest BCUT2D eigenvalue weighted by molar-refractivity contribution is 0.516. The quantitative estimate of drug-likeness (QED) is 0.776. The first-order valence-corrected chi connectivity index (χ1v) is 7.03. The van der Waals surface area contributed by atoms with Crippen LogP contribution in [0.15, 0.2) is 0 Å². The van der Waals surface area contributed by atoms with E-state index in [4.69, 9.17) is 5.26 Å². The molecule has 0 saturated heterocycles. The van der Waals surface area contributed by atoms with Gasteiger partial charge >= 0.3 is 0 Å². The fourth-order valence-corrected chi connectivity index (χ4v) is 3.18. The van der Waals surface area contributed by atoms with Gasteiger partial charge in [0.2, 0.25) is 10.0 Å². The largest absolute Gasteiger partial charge is 0.227 e. The molecule has 1 N–H and O–H groups in total. The molecular weight excluding hydrogens is 212 g/mol. The summed E-state index contributed by atoms with van der Waals surface area (Å²) in [4.78, 5) is 0. The van der Waals surface area contributed by atoms with Crippen LogP contribution in [0, 0.1) is 17.2 Å². The molecular formula is C10H18N2O2S. The van der Waals surface area contributed by atoms with E-state index in [0.717, 1.165) is 12.8 Å². The Hall–Kier alpha value is -0.600. The van der Waals surface area contributed by atoms with Gasteiger partial charge in [-0.15, -0.1) is 0 Å². The van der Waals surface area contributed by atoms with Gasteiger partial charge in [-0.25, -0.2) is 13.1 Å². The highest BCUT2D eigenvalue weighted by atomic mass is 32.2. The maximum Gasteiger partial charge on any atom is 0.227 e. The van der Waals surface area contributed by atoms with Crippen LogP contribution in [-0.2, 0) is 10.0 Å². The summed E-state index contributed by atoms with van der Waals surface area (Å²) in [5.41, 5.74) is 0. The van der Waals surface area contributed by atoms with Crippen molar-refractivity contribution >= 4 is 10.0 Å². The predicted molar refractivity (Wildman–Crippen MR) is 58.6 cm³/mol. The fourth-order valence-electron chi connectivity index (χ4n) is 1.93. The van der Waals surface area contributed by atoms with E-state index in [1.807, 2.05) is 6.07 Å². The van der Waals surface area contributed by atoms with Crippen LogP contribution in [0.3, 0.4) is 0 Å². The maximum atomic E-state index is 11.6. The molecule has 1 fully saturated rings. The summed E-state index contributed by atoms with van der Waals surface area (Å²) >= 11 is 0. The molecule has 0 bridgehead atoms. The lowest BCUT2D eigenvalue weighted by Gasteiger charge is -2.13. The zero-order valence-electron chi connectivity index (χ0n) is 9.07. The van der Waals surface area contributed by atoms with Gasteiger partial charge in [0.15, 0.2) is 5.25 Å². The van der Waals surface area contributed by atoms with Crippen LogP contribution in [0.4, 0.5) is 0 Å². The van der Waals surface area contributed by atoms with Gasteiger partial charge in [-0.05, 0) is 25.2 Å². The topological polar surface area (TPSA) is 70.0 Å². The zero-order chi connectivity index (χ0) is 11.3. The van der Waals surface area contributed by atoms with Gasteiger partial charge < -0.3 is 0 Å². The van der Waals surface area contributed by atoms with Gasteiger partial charge in [0.25, 0.3) is 0 Å². The molecule has 86 valence electrons. The van der Waals surface area contributed by atoms with Crippen LogP contribution in [0.25, 0.3) is 0 Å². The minimum absolute atomic E-state index is 0.344. The van der Waals surface area contributed by atoms with Gasteiger partial charge in [0.1, 0.15) is 0 Å². The number of nitrogens with one attached hydrogen (secondary N) is 1. The van der Waals surface area contributed by atoms with Crippen molar-refractivity contribution in [1.29, 1.82) is 5.26 Å². The molecule has 0 aromatic heterocycles. The van der Waals surface area contributed by atoms with Gasteiger partial charge in [-0.3, -0.25) is 0 Å². The molecule has 1 saturated carbocycles. The van der Waals surface area contributed by atoms with E-state index in [0.29, 0.717) is 18.9 Å². The first-order valence-electron chi connectivity index (χ1n) is 5.48. The van der Waals surface area contributed by atoms with E-state index in [1.165, 1.54) is 12.8 Å². The Morgan fingerprint density at radius 2 is 2.07 bits per heavy atom. The Kier molecular flexibility index (Phi) is 4.55. The molecule has 5 heteroatoms. The zero-order valence-corrected chi connectivity index (χ0v) is 9.89. The van der Waals surface area contributed by atoms with Crippen molar-refractivity contribution in [1.82, 2.24) is 4.72 Å². The molecule has 15 heavy (non-hydrogen) atoms. The van der Waals surface area contributed by atoms with E-state index in [2.05, 4.69) is 4.72 Å². The van der Waals surface area contributed by atoms with Crippen LogP contribution < -0.4 is 4.72 Å². The summed E-state index contributed by atoms with van der Waals surface area (Å²) in [7, 11) is -3.42. The van der Waals surface area contributed by atoms with Gasteiger partial charge in [-0.1, -0.05) is 19.8 Å². The van der Waals surface area contributed by atoms with Crippen molar-refractivity contribution in [3.05, 3.63) is 0 Å². The summed E-state index contributed by atoms with van der Waals surface area (Å²) in [6, 6.07) is 1.82. The number of rotatable bonds is 5. The first kappa shape index (κ1) is 12.5. The molecule has 0 aliphatic heterocycles. The first-order chi connectivity index (χ1) is 7.10. The summed E-state index contributed by atoms with van der Waals surface area (Å²) < 4.78 is 25.8. The Bertz CT molecular complexity index is 326. The van der Waals surface area contributed by atoms with E-state index < -0.39 is 15.3 Å². The van der Waals surface area contributed by atoms with Gasteiger partial charge in [0.05, 0.1) is 6.07 Å². The standard InChI is InChI=1S/C10H18N2O2S/c1-2-10(7-11)15(13,14)12-8-9-5-3-4-6-9/h9-10,12H,2-6,8H2,1H3. The van der Waals surface area contributed by atoms with Crippen molar-refractivity contribution in [2.24, 2.45) is 5.92 Å². The van der Waals surface area contributed by atoms with E-state index in [-0.39, 0.29) is 0 Å². The number of hydrogen-bond acceptors (Lipinski definition) is 3. The Balaban J connectivity index is 2.45. The Morgan fingerprint density at radius 3 is 2.53 bits per heavy atom. The predicted octanol–water partition coefficient (Wildman–Crippen LogP) is 1.40. The summed E-state index contributed by atoms with van der Waals surface area (Å²) in [6.45, 7) is 2.21. The molecule has 0 spiro atoms. The number of sulfonamides is 1. The molecule has 0 aromatic carbocycles. The second-order valence-corrected chi connectivity index (χ2v) is 6.02. The molecule has 1 rings (SSSR count). The van der Waals surface area contributed by atoms with Crippen LogP contribution in [0.5, 0.6) is 0 Å². The minimum atomic E-state index is -3.42. The van der Waals surface area contributed by atoms with Gasteiger partial charge in [0, 0.05) is 6.54 Å². The number of hydrogen-bond donors (Lipinski definition) is 1. The van der Waals surface area contributed by atoms with Crippen molar-refractivity contribution in [3.63, 3.8) is 0 Å². The molecule has 0 heterocycles. The van der Waals surface area contributed by atoms with Crippen molar-refractivity contribution in [2.45, 2.75) is 44.3 Å². The lowest BCUT2D eigenvalue weighted by atomic mass is 10.1. The van der Waals surface area contributed by atoms with Crippen LogP contribution in [0.2, 0.25) is 0 Å². The molecule has 1 atom stereocenters. The minimum Gasteiger partial charge on any atom is -0.214 e. The third kappa shape index (κ3) is 3.47. The Morgan fingerprint density at radius 1 is 1.47 bits per heavy atom. The van der Waals surface area contributed by atoms with E-state index in [9.17, 15) is 8.42 Å². The van der Waals surface area contributed by atoms with Crippen molar-refractivity contribution in [2.75, 3.05) is 6.54 Å². The van der Waals surface area contributed by atoms with E-state index in [1.54, 1.807) is 6.92 Å². The summed E-state index contributed by atoms with van der Waals surface area (Å²) in [5, 5.41) is 7.78. The van der Waals surface area contributed by atoms with Crippen LogP contribution in [-0.4, -0.2) is 20.2 Å². The Labute approximate surface area is 91.7 Å². The second kappa shape index (κ2) is 5.47. The smallest absolute Gasteiger partial charge is 0.214 e. The summed E-state index contributed by atoms with van der Waals surface area (Å²) in [6.07, 6.45) is 4.94. The number of nitrogens with zero attached hydrogens (tertiary/aromatic N) is 1. The monoisotopic (exact) mass is 230 g/mol. The fraction of sp³-hybridized carbons (Fsp3) is 0.900. The maximum absolute atomic E-state index is 11.6. The molecule has 4 nitrogen and oxygen atoms in total. The molecule has 0 amide bonds. The van der Waals surface area contributed by atoms with Crippen LogP contribution >= 0.6 is 0 Å². The lowest BCUT2D eigenvalue weighted by Crippen LogP contribution is -2.35. The number of nitriles is 1. The van der Waals surface area contributed by atoms with Crippen molar-refractivity contribution in [3.8, 4) is 6.07 Å². The highest BCUT2D eigenvalue weighted by Crippen LogP contribution is 2.24. The molecule has 0 radical (unpaired) electrons. The molecule has 1 aliphatic rings. The normalized spacial score (nSPS) is 20.0. The highest BCUT2D eigenvalue weighted by molar-refractivity contribution is 7.90. The van der Waals surface area contributed by atoms with E-state index >= 15 is 0 Å². The van der Waals surface area contributed by atoms with Crippen LogP contribution in [0.1, 0.15) is 39.0 Å². The third-order valence-corrected chi connectivity index (χ3v) is 4.69.